The van der Waals surface area contributed by atoms with Crippen LogP contribution in [0.3, 0.4) is 0 Å². The average Bonchev–Trinajstić information content (AvgIpc) is 3.15. The zero-order valence-electron chi connectivity index (χ0n) is 17.8. The molecule has 0 unspecified atom stereocenters. The van der Waals surface area contributed by atoms with Crippen molar-refractivity contribution < 1.29 is 9.18 Å². The Kier molecular flexibility index (Phi) is 7.66. The summed E-state index contributed by atoms with van der Waals surface area (Å²) in [5, 5.41) is 3.03. The van der Waals surface area contributed by atoms with Gasteiger partial charge in [0.1, 0.15) is 5.82 Å². The molecule has 0 spiro atoms. The second-order valence-electron chi connectivity index (χ2n) is 7.68. The normalized spacial score (nSPS) is 10.8. The summed E-state index contributed by atoms with van der Waals surface area (Å²) in [5.74, 6) is -0.235. The summed E-state index contributed by atoms with van der Waals surface area (Å²) in [6, 6.07) is 18.3. The first-order valence-corrected chi connectivity index (χ1v) is 10.6. The number of aryl methyl sites for hydroxylation is 1. The number of unbranched alkanes of at least 4 members (excludes halogenated alkanes) is 2. The lowest BCUT2D eigenvalue weighted by Gasteiger charge is -2.24. The fourth-order valence-corrected chi connectivity index (χ4v) is 3.46. The third-order valence-electron chi connectivity index (χ3n) is 5.13. The van der Waals surface area contributed by atoms with E-state index in [1.54, 1.807) is 12.1 Å². The maximum Gasteiger partial charge on any atom is 0.322 e. The molecule has 30 heavy (non-hydrogen) atoms. The van der Waals surface area contributed by atoms with Crippen molar-refractivity contribution in [3.63, 3.8) is 0 Å². The molecule has 0 bridgehead atoms. The number of hydrogen-bond donors (Lipinski definition) is 1. The van der Waals surface area contributed by atoms with E-state index in [2.05, 4.69) is 16.8 Å². The summed E-state index contributed by atoms with van der Waals surface area (Å²) in [5.41, 5.74) is 3.99. The number of halogens is 1. The second-order valence-corrected chi connectivity index (χ2v) is 7.68. The summed E-state index contributed by atoms with van der Waals surface area (Å²) in [4.78, 5) is 14.9. The first kappa shape index (κ1) is 21.6. The number of anilines is 1. The van der Waals surface area contributed by atoms with Gasteiger partial charge in [0, 0.05) is 30.7 Å². The Morgan fingerprint density at radius 2 is 1.87 bits per heavy atom. The number of amides is 2. The highest BCUT2D eigenvalue weighted by Crippen LogP contribution is 2.15. The van der Waals surface area contributed by atoms with Gasteiger partial charge >= 0.3 is 6.03 Å². The van der Waals surface area contributed by atoms with Crippen LogP contribution in [0.25, 0.3) is 0 Å². The monoisotopic (exact) mass is 407 g/mol. The highest BCUT2D eigenvalue weighted by Gasteiger charge is 2.16. The first-order chi connectivity index (χ1) is 14.5. The van der Waals surface area contributed by atoms with Gasteiger partial charge in [-0.15, -0.1) is 0 Å². The van der Waals surface area contributed by atoms with Crippen molar-refractivity contribution >= 4 is 11.7 Å². The molecule has 0 fully saturated rings. The van der Waals surface area contributed by atoms with Crippen LogP contribution >= 0.6 is 0 Å². The van der Waals surface area contributed by atoms with E-state index in [4.69, 9.17) is 0 Å². The lowest BCUT2D eigenvalue weighted by atomic mass is 10.2. The van der Waals surface area contributed by atoms with Crippen LogP contribution in [-0.4, -0.2) is 22.0 Å². The van der Waals surface area contributed by atoms with Gasteiger partial charge in [-0.1, -0.05) is 44.0 Å². The van der Waals surface area contributed by atoms with Gasteiger partial charge in [0.25, 0.3) is 0 Å². The van der Waals surface area contributed by atoms with Crippen LogP contribution < -0.4 is 5.32 Å². The van der Waals surface area contributed by atoms with E-state index in [0.29, 0.717) is 19.6 Å². The van der Waals surface area contributed by atoms with E-state index in [1.165, 1.54) is 12.1 Å². The molecule has 0 saturated carbocycles. The van der Waals surface area contributed by atoms with Gasteiger partial charge in [-0.05, 0) is 60.9 Å². The molecule has 3 rings (SSSR count). The van der Waals surface area contributed by atoms with Crippen molar-refractivity contribution in [1.29, 1.82) is 0 Å². The third-order valence-corrected chi connectivity index (χ3v) is 5.13. The Morgan fingerprint density at radius 1 is 1.07 bits per heavy atom. The molecule has 0 aliphatic heterocycles. The minimum atomic E-state index is -0.235. The second kappa shape index (κ2) is 10.6. The third kappa shape index (κ3) is 6.21. The molecule has 1 heterocycles. The SMILES string of the molecule is CCCCCN(Cc1cccn1Cc1ccc(F)cc1)C(=O)Nc1cccc(C)c1. The summed E-state index contributed by atoms with van der Waals surface area (Å²) in [6.07, 6.45) is 5.16. The Morgan fingerprint density at radius 3 is 2.60 bits per heavy atom. The molecule has 1 aromatic heterocycles. The summed E-state index contributed by atoms with van der Waals surface area (Å²) in [7, 11) is 0. The fraction of sp³-hybridized carbons (Fsp3) is 0.320. The van der Waals surface area contributed by atoms with Gasteiger partial charge < -0.3 is 14.8 Å². The van der Waals surface area contributed by atoms with Gasteiger partial charge in [0.2, 0.25) is 0 Å². The maximum absolute atomic E-state index is 13.2. The Bertz CT molecular complexity index is 949. The van der Waals surface area contributed by atoms with E-state index in [9.17, 15) is 9.18 Å². The number of benzene rings is 2. The van der Waals surface area contributed by atoms with Crippen molar-refractivity contribution in [2.24, 2.45) is 0 Å². The molecular weight excluding hydrogens is 377 g/mol. The van der Waals surface area contributed by atoms with Crippen LogP contribution in [0.5, 0.6) is 0 Å². The minimum Gasteiger partial charge on any atom is -0.345 e. The number of carbonyl (C=O) groups excluding carboxylic acids is 1. The number of nitrogens with one attached hydrogen (secondary N) is 1. The molecule has 0 radical (unpaired) electrons. The maximum atomic E-state index is 13.2. The van der Waals surface area contributed by atoms with Crippen molar-refractivity contribution in [3.8, 4) is 0 Å². The van der Waals surface area contributed by atoms with Crippen LogP contribution in [0, 0.1) is 12.7 Å². The lowest BCUT2D eigenvalue weighted by Crippen LogP contribution is -2.36. The summed E-state index contributed by atoms with van der Waals surface area (Å²) in [6.45, 7) is 6.04. The standard InChI is InChI=1S/C25H30FN3O/c1-3-4-5-15-29(25(30)27-23-9-6-8-20(2)17-23)19-24-10-7-16-28(24)18-21-11-13-22(26)14-12-21/h6-14,16-17H,3-5,15,18-19H2,1-2H3,(H,27,30). The highest BCUT2D eigenvalue weighted by molar-refractivity contribution is 5.89. The number of hydrogen-bond acceptors (Lipinski definition) is 1. The number of urea groups is 1. The number of aromatic nitrogens is 1. The fourth-order valence-electron chi connectivity index (χ4n) is 3.46. The van der Waals surface area contributed by atoms with Crippen LogP contribution in [0.15, 0.2) is 66.9 Å². The Labute approximate surface area is 178 Å². The van der Waals surface area contributed by atoms with Crippen LogP contribution in [0.4, 0.5) is 14.9 Å². The van der Waals surface area contributed by atoms with Crippen LogP contribution in [0.2, 0.25) is 0 Å². The molecule has 3 aromatic rings. The van der Waals surface area contributed by atoms with E-state index in [1.807, 2.05) is 54.4 Å². The Balaban J connectivity index is 1.72. The van der Waals surface area contributed by atoms with Crippen molar-refractivity contribution in [3.05, 3.63) is 89.5 Å². The Hall–Kier alpha value is -3.08. The van der Waals surface area contributed by atoms with Crippen LogP contribution in [-0.2, 0) is 13.1 Å². The van der Waals surface area contributed by atoms with Crippen molar-refractivity contribution in [1.82, 2.24) is 9.47 Å². The molecule has 158 valence electrons. The lowest BCUT2D eigenvalue weighted by molar-refractivity contribution is 0.206. The van der Waals surface area contributed by atoms with Crippen molar-refractivity contribution in [2.75, 3.05) is 11.9 Å². The van der Waals surface area contributed by atoms with Gasteiger partial charge in [-0.2, -0.15) is 0 Å². The molecule has 0 saturated heterocycles. The van der Waals surface area contributed by atoms with E-state index in [0.717, 1.165) is 41.8 Å². The van der Waals surface area contributed by atoms with E-state index < -0.39 is 0 Å². The van der Waals surface area contributed by atoms with Crippen molar-refractivity contribution in [2.45, 2.75) is 46.2 Å². The zero-order valence-corrected chi connectivity index (χ0v) is 17.8. The average molecular weight is 408 g/mol. The molecule has 1 N–H and O–H groups in total. The molecule has 2 amide bonds. The predicted octanol–water partition coefficient (Wildman–Crippen LogP) is 6.21. The number of carbonyl (C=O) groups is 1. The molecule has 4 nitrogen and oxygen atoms in total. The molecular formula is C25H30FN3O. The first-order valence-electron chi connectivity index (χ1n) is 10.6. The summed E-state index contributed by atoms with van der Waals surface area (Å²) >= 11 is 0. The topological polar surface area (TPSA) is 37.3 Å². The van der Waals surface area contributed by atoms with Crippen LogP contribution in [0.1, 0.15) is 43.0 Å². The molecule has 5 heteroatoms. The molecule has 0 aliphatic carbocycles. The predicted molar refractivity (Wildman–Crippen MR) is 120 cm³/mol. The van der Waals surface area contributed by atoms with E-state index >= 15 is 0 Å². The number of rotatable bonds is 9. The summed E-state index contributed by atoms with van der Waals surface area (Å²) < 4.78 is 15.3. The smallest absolute Gasteiger partial charge is 0.322 e. The number of nitrogens with zero attached hydrogens (tertiary/aromatic N) is 2. The van der Waals surface area contributed by atoms with Gasteiger partial charge in [-0.3, -0.25) is 0 Å². The highest BCUT2D eigenvalue weighted by atomic mass is 19.1. The quantitative estimate of drug-likeness (QED) is 0.421. The molecule has 0 atom stereocenters. The van der Waals surface area contributed by atoms with Gasteiger partial charge in [-0.25, -0.2) is 9.18 Å². The molecule has 0 aliphatic rings. The van der Waals surface area contributed by atoms with Gasteiger partial charge in [0.05, 0.1) is 6.54 Å². The zero-order chi connectivity index (χ0) is 21.3. The van der Waals surface area contributed by atoms with Gasteiger partial charge in [0.15, 0.2) is 0 Å². The van der Waals surface area contributed by atoms with E-state index in [-0.39, 0.29) is 11.8 Å². The largest absolute Gasteiger partial charge is 0.345 e. The molecule has 2 aromatic carbocycles. The minimum absolute atomic E-state index is 0.0914.